The molecule has 100 valence electrons. The van der Waals surface area contributed by atoms with Gasteiger partial charge in [-0.2, -0.15) is 0 Å². The van der Waals surface area contributed by atoms with Gasteiger partial charge in [0.2, 0.25) is 5.91 Å². The second-order valence-electron chi connectivity index (χ2n) is 4.31. The van der Waals surface area contributed by atoms with E-state index in [0.29, 0.717) is 18.5 Å². The fourth-order valence-corrected chi connectivity index (χ4v) is 2.59. The summed E-state index contributed by atoms with van der Waals surface area (Å²) in [5.41, 5.74) is 1.50. The smallest absolute Gasteiger partial charge is 0.224 e. The maximum atomic E-state index is 13.0. The molecule has 19 heavy (non-hydrogen) atoms. The van der Waals surface area contributed by atoms with E-state index in [-0.39, 0.29) is 11.7 Å². The number of amides is 1. The highest BCUT2D eigenvalue weighted by atomic mass is 32.1. The molecule has 0 unspecified atom stereocenters. The Bertz CT molecular complexity index is 575. The molecule has 0 fully saturated rings. The molecule has 0 radical (unpaired) electrons. The van der Waals surface area contributed by atoms with Crippen molar-refractivity contribution in [1.82, 2.24) is 4.98 Å². The van der Waals surface area contributed by atoms with Crippen LogP contribution in [0.4, 0.5) is 10.1 Å². The van der Waals surface area contributed by atoms with Gasteiger partial charge in [-0.1, -0.05) is 6.07 Å². The van der Waals surface area contributed by atoms with E-state index in [0.717, 1.165) is 10.7 Å². The number of carbonyl (C=O) groups excluding carboxylic acids is 1. The fraction of sp³-hybridized carbons (Fsp3) is 0.286. The Morgan fingerprint density at radius 1 is 1.42 bits per heavy atom. The van der Waals surface area contributed by atoms with Crippen LogP contribution in [-0.4, -0.2) is 10.9 Å². The van der Waals surface area contributed by atoms with Crippen molar-refractivity contribution < 1.29 is 9.18 Å². The van der Waals surface area contributed by atoms with Crippen LogP contribution < -0.4 is 5.32 Å². The highest BCUT2D eigenvalue weighted by molar-refractivity contribution is 7.11. The van der Waals surface area contributed by atoms with E-state index >= 15 is 0 Å². The maximum absolute atomic E-state index is 13.0. The van der Waals surface area contributed by atoms with Gasteiger partial charge in [0.1, 0.15) is 5.82 Å². The second-order valence-corrected chi connectivity index (χ2v) is 5.60. The quantitative estimate of drug-likeness (QED) is 0.930. The summed E-state index contributed by atoms with van der Waals surface area (Å²) in [5.74, 6) is -0.486. The molecular formula is C14H15FN2OS. The molecule has 0 spiro atoms. The van der Waals surface area contributed by atoms with Gasteiger partial charge >= 0.3 is 0 Å². The van der Waals surface area contributed by atoms with E-state index in [1.807, 2.05) is 13.8 Å². The normalized spacial score (nSPS) is 10.5. The molecule has 0 aliphatic rings. The van der Waals surface area contributed by atoms with E-state index in [9.17, 15) is 9.18 Å². The van der Waals surface area contributed by atoms with E-state index in [4.69, 9.17) is 0 Å². The van der Waals surface area contributed by atoms with Crippen molar-refractivity contribution in [2.24, 2.45) is 0 Å². The minimum atomic E-state index is -0.357. The SMILES string of the molecule is Cc1nc(CCC(=O)Nc2cccc(F)c2)sc1C. The van der Waals surface area contributed by atoms with Gasteiger partial charge < -0.3 is 5.32 Å². The molecule has 1 amide bonds. The molecule has 2 aromatic rings. The zero-order chi connectivity index (χ0) is 13.8. The molecule has 1 heterocycles. The van der Waals surface area contributed by atoms with Crippen LogP contribution in [0.2, 0.25) is 0 Å². The molecule has 0 aliphatic heterocycles. The average molecular weight is 278 g/mol. The molecule has 1 N–H and O–H groups in total. The van der Waals surface area contributed by atoms with E-state index in [2.05, 4.69) is 10.3 Å². The zero-order valence-corrected chi connectivity index (χ0v) is 11.7. The highest BCUT2D eigenvalue weighted by Crippen LogP contribution is 2.18. The first kappa shape index (κ1) is 13.7. The molecular weight excluding hydrogens is 263 g/mol. The molecule has 1 aromatic heterocycles. The largest absolute Gasteiger partial charge is 0.326 e. The van der Waals surface area contributed by atoms with Gasteiger partial charge in [0.05, 0.1) is 10.7 Å². The van der Waals surface area contributed by atoms with Crippen molar-refractivity contribution in [2.45, 2.75) is 26.7 Å². The highest BCUT2D eigenvalue weighted by Gasteiger charge is 2.07. The first-order valence-corrected chi connectivity index (χ1v) is 6.84. The Morgan fingerprint density at radius 3 is 2.84 bits per heavy atom. The zero-order valence-electron chi connectivity index (χ0n) is 10.9. The number of rotatable bonds is 4. The maximum Gasteiger partial charge on any atom is 0.224 e. The third-order valence-corrected chi connectivity index (χ3v) is 3.88. The predicted molar refractivity (Wildman–Crippen MR) is 74.9 cm³/mol. The molecule has 0 saturated heterocycles. The van der Waals surface area contributed by atoms with Crippen molar-refractivity contribution >= 4 is 22.9 Å². The summed E-state index contributed by atoms with van der Waals surface area (Å²) in [6.45, 7) is 3.98. The summed E-state index contributed by atoms with van der Waals surface area (Å²) in [5, 5.41) is 3.63. The number of hydrogen-bond donors (Lipinski definition) is 1. The number of nitrogens with one attached hydrogen (secondary N) is 1. The minimum Gasteiger partial charge on any atom is -0.326 e. The molecule has 0 atom stereocenters. The molecule has 1 aromatic carbocycles. The Kier molecular flexibility index (Phi) is 4.27. The van der Waals surface area contributed by atoms with Gasteiger partial charge in [0.15, 0.2) is 0 Å². The number of aryl methyl sites for hydroxylation is 3. The lowest BCUT2D eigenvalue weighted by atomic mass is 10.2. The third kappa shape index (κ3) is 3.86. The van der Waals surface area contributed by atoms with E-state index in [1.54, 1.807) is 23.5 Å². The molecule has 5 heteroatoms. The van der Waals surface area contributed by atoms with Crippen LogP contribution >= 0.6 is 11.3 Å². The Labute approximate surface area is 115 Å². The number of benzene rings is 1. The van der Waals surface area contributed by atoms with Crippen LogP contribution in [-0.2, 0) is 11.2 Å². The monoisotopic (exact) mass is 278 g/mol. The van der Waals surface area contributed by atoms with Crippen molar-refractivity contribution in [2.75, 3.05) is 5.32 Å². The summed E-state index contributed by atoms with van der Waals surface area (Å²) in [6, 6.07) is 5.88. The van der Waals surface area contributed by atoms with Gasteiger partial charge in [0, 0.05) is 23.4 Å². The lowest BCUT2D eigenvalue weighted by Crippen LogP contribution is -2.12. The van der Waals surface area contributed by atoms with Crippen molar-refractivity contribution in [3.63, 3.8) is 0 Å². The summed E-state index contributed by atoms with van der Waals surface area (Å²) in [4.78, 5) is 17.3. The van der Waals surface area contributed by atoms with Crippen LogP contribution in [0.15, 0.2) is 24.3 Å². The number of hydrogen-bond acceptors (Lipinski definition) is 3. The number of thiazole rings is 1. The summed E-state index contributed by atoms with van der Waals surface area (Å²) >= 11 is 1.61. The number of halogens is 1. The second kappa shape index (κ2) is 5.93. The number of aromatic nitrogens is 1. The van der Waals surface area contributed by atoms with Crippen LogP contribution in [0, 0.1) is 19.7 Å². The van der Waals surface area contributed by atoms with Crippen LogP contribution in [0.5, 0.6) is 0 Å². The van der Waals surface area contributed by atoms with E-state index < -0.39 is 0 Å². The first-order valence-electron chi connectivity index (χ1n) is 6.03. The van der Waals surface area contributed by atoms with Crippen molar-refractivity contribution in [3.05, 3.63) is 45.7 Å². The van der Waals surface area contributed by atoms with Gasteiger partial charge in [-0.15, -0.1) is 11.3 Å². The minimum absolute atomic E-state index is 0.129. The van der Waals surface area contributed by atoms with Gasteiger partial charge in [0.25, 0.3) is 0 Å². The number of anilines is 1. The van der Waals surface area contributed by atoms with Gasteiger partial charge in [-0.05, 0) is 32.0 Å². The lowest BCUT2D eigenvalue weighted by molar-refractivity contribution is -0.116. The van der Waals surface area contributed by atoms with Crippen molar-refractivity contribution in [1.29, 1.82) is 0 Å². The van der Waals surface area contributed by atoms with Crippen molar-refractivity contribution in [3.8, 4) is 0 Å². The average Bonchev–Trinajstić information content (AvgIpc) is 2.66. The molecule has 0 saturated carbocycles. The summed E-state index contributed by atoms with van der Waals surface area (Å²) in [7, 11) is 0. The first-order chi connectivity index (χ1) is 9.04. The standard InChI is InChI=1S/C14H15FN2OS/c1-9-10(2)19-14(16-9)7-6-13(18)17-12-5-3-4-11(15)8-12/h3-5,8H,6-7H2,1-2H3,(H,17,18). The molecule has 0 aliphatic carbocycles. The van der Waals surface area contributed by atoms with Gasteiger partial charge in [-0.25, -0.2) is 9.37 Å². The van der Waals surface area contributed by atoms with Gasteiger partial charge in [-0.3, -0.25) is 4.79 Å². The van der Waals surface area contributed by atoms with Crippen LogP contribution in [0.1, 0.15) is 22.0 Å². The predicted octanol–water partition coefficient (Wildman–Crippen LogP) is 3.47. The lowest BCUT2D eigenvalue weighted by Gasteiger charge is -2.04. The van der Waals surface area contributed by atoms with E-state index in [1.165, 1.54) is 17.0 Å². The fourth-order valence-electron chi connectivity index (χ4n) is 1.66. The molecule has 3 nitrogen and oxygen atoms in total. The molecule has 2 rings (SSSR count). The Morgan fingerprint density at radius 2 is 2.21 bits per heavy atom. The molecule has 0 bridgehead atoms. The summed E-state index contributed by atoms with van der Waals surface area (Å²) < 4.78 is 13.0. The van der Waals surface area contributed by atoms with Crippen LogP contribution in [0.25, 0.3) is 0 Å². The van der Waals surface area contributed by atoms with Crippen LogP contribution in [0.3, 0.4) is 0 Å². The Hall–Kier alpha value is -1.75. The number of carbonyl (C=O) groups is 1. The number of nitrogens with zero attached hydrogens (tertiary/aromatic N) is 1. The third-order valence-electron chi connectivity index (χ3n) is 2.75. The summed E-state index contributed by atoms with van der Waals surface area (Å²) in [6.07, 6.45) is 0.962. The topological polar surface area (TPSA) is 42.0 Å². The Balaban J connectivity index is 1.88.